The van der Waals surface area contributed by atoms with Crippen molar-refractivity contribution in [3.05, 3.63) is 5.82 Å². The number of hydrogen-bond acceptors (Lipinski definition) is 5. The molecular weight excluding hydrogens is 466 g/mol. The Morgan fingerprint density at radius 2 is 0.632 bits per heavy atom. The lowest BCUT2D eigenvalue weighted by Crippen LogP contribution is -2.25. The van der Waals surface area contributed by atoms with Gasteiger partial charge in [-0.05, 0) is 38.5 Å². The van der Waals surface area contributed by atoms with E-state index >= 15 is 0 Å². The Labute approximate surface area is 234 Å². The molecule has 0 radical (unpaired) electrons. The standard InChI is InChI=1S/C33H59N5/c1-2-6-11-17-23-28(22-16-10-5-1)31-36-32(34-29-24-18-12-7-3-4-8-13-19-25-29)38-33(37-31)35-30-26-20-14-9-15-21-27-30/h28-30H,1-27H2,(H2,34,35,36,37,38). The van der Waals surface area contributed by atoms with Gasteiger partial charge < -0.3 is 10.6 Å². The van der Waals surface area contributed by atoms with E-state index in [0.717, 1.165) is 17.7 Å². The first-order chi connectivity index (χ1) is 18.9. The Hall–Kier alpha value is -1.39. The van der Waals surface area contributed by atoms with Gasteiger partial charge >= 0.3 is 0 Å². The number of hydrogen-bond donors (Lipinski definition) is 2. The molecule has 0 aliphatic heterocycles. The first kappa shape index (κ1) is 29.6. The van der Waals surface area contributed by atoms with Crippen LogP contribution in [0, 0.1) is 0 Å². The molecule has 0 atom stereocenters. The minimum Gasteiger partial charge on any atom is -0.351 e. The Morgan fingerprint density at radius 1 is 0.342 bits per heavy atom. The average Bonchev–Trinajstić information content (AvgIpc) is 3.01. The van der Waals surface area contributed by atoms with Gasteiger partial charge in [-0.2, -0.15) is 15.0 Å². The second-order valence-corrected chi connectivity index (χ2v) is 12.9. The second-order valence-electron chi connectivity index (χ2n) is 12.9. The van der Waals surface area contributed by atoms with Crippen LogP contribution >= 0.6 is 0 Å². The summed E-state index contributed by atoms with van der Waals surface area (Å²) in [6.07, 6.45) is 36.3. The molecule has 5 heteroatoms. The molecule has 1 heterocycles. The van der Waals surface area contributed by atoms with Crippen LogP contribution in [0.4, 0.5) is 11.9 Å². The van der Waals surface area contributed by atoms with Gasteiger partial charge in [-0.25, -0.2) is 0 Å². The van der Waals surface area contributed by atoms with Gasteiger partial charge in [0.1, 0.15) is 5.82 Å². The van der Waals surface area contributed by atoms with E-state index in [-0.39, 0.29) is 0 Å². The van der Waals surface area contributed by atoms with Gasteiger partial charge in [-0.3, -0.25) is 0 Å². The van der Waals surface area contributed by atoms with E-state index in [2.05, 4.69) is 10.6 Å². The molecule has 3 aliphatic rings. The van der Waals surface area contributed by atoms with Crippen molar-refractivity contribution in [1.82, 2.24) is 15.0 Å². The first-order valence-corrected chi connectivity index (χ1v) is 17.2. The van der Waals surface area contributed by atoms with Gasteiger partial charge in [0.2, 0.25) is 11.9 Å². The second kappa shape index (κ2) is 18.1. The van der Waals surface area contributed by atoms with E-state index in [4.69, 9.17) is 15.0 Å². The Morgan fingerprint density at radius 3 is 0.974 bits per heavy atom. The van der Waals surface area contributed by atoms with Crippen molar-refractivity contribution in [1.29, 1.82) is 0 Å². The molecule has 5 nitrogen and oxygen atoms in total. The number of nitrogens with one attached hydrogen (secondary N) is 2. The lowest BCUT2D eigenvalue weighted by Gasteiger charge is -2.24. The molecule has 0 aromatic carbocycles. The Kier molecular flexibility index (Phi) is 14.1. The molecule has 0 bridgehead atoms. The van der Waals surface area contributed by atoms with Crippen LogP contribution in [-0.2, 0) is 0 Å². The number of rotatable bonds is 5. The molecule has 2 N–H and O–H groups in total. The largest absolute Gasteiger partial charge is 0.351 e. The topological polar surface area (TPSA) is 62.7 Å². The highest BCUT2D eigenvalue weighted by molar-refractivity contribution is 5.36. The van der Waals surface area contributed by atoms with Crippen molar-refractivity contribution in [3.8, 4) is 0 Å². The third-order valence-electron chi connectivity index (χ3n) is 9.50. The molecule has 3 saturated carbocycles. The van der Waals surface area contributed by atoms with Crippen LogP contribution in [0.3, 0.4) is 0 Å². The minimum absolute atomic E-state index is 0.474. The molecule has 1 aromatic heterocycles. The summed E-state index contributed by atoms with van der Waals surface area (Å²) in [4.78, 5) is 15.3. The molecule has 0 unspecified atom stereocenters. The summed E-state index contributed by atoms with van der Waals surface area (Å²) in [5.74, 6) is 3.22. The third kappa shape index (κ3) is 11.4. The maximum absolute atomic E-state index is 5.17. The van der Waals surface area contributed by atoms with Gasteiger partial charge in [0.25, 0.3) is 0 Å². The van der Waals surface area contributed by atoms with E-state index in [0.29, 0.717) is 18.0 Å². The summed E-state index contributed by atoms with van der Waals surface area (Å²) in [6, 6.07) is 0.994. The van der Waals surface area contributed by atoms with Crippen molar-refractivity contribution in [2.75, 3.05) is 10.6 Å². The van der Waals surface area contributed by atoms with Crippen molar-refractivity contribution < 1.29 is 0 Å². The van der Waals surface area contributed by atoms with Crippen molar-refractivity contribution in [2.24, 2.45) is 0 Å². The fourth-order valence-electron chi connectivity index (χ4n) is 7.05. The lowest BCUT2D eigenvalue weighted by atomic mass is 9.94. The predicted octanol–water partition coefficient (Wildman–Crippen LogP) is 10.1. The maximum Gasteiger partial charge on any atom is 0.227 e. The number of nitrogens with zero attached hydrogens (tertiary/aromatic N) is 3. The molecule has 3 fully saturated rings. The van der Waals surface area contributed by atoms with Crippen LogP contribution in [0.1, 0.15) is 185 Å². The van der Waals surface area contributed by atoms with Crippen LogP contribution < -0.4 is 10.6 Å². The van der Waals surface area contributed by atoms with Crippen molar-refractivity contribution in [2.45, 2.75) is 191 Å². The fraction of sp³-hybridized carbons (Fsp3) is 0.909. The van der Waals surface area contributed by atoms with Gasteiger partial charge in [-0.15, -0.1) is 0 Å². The zero-order chi connectivity index (χ0) is 26.1. The zero-order valence-electron chi connectivity index (χ0n) is 24.7. The van der Waals surface area contributed by atoms with Gasteiger partial charge in [0.15, 0.2) is 0 Å². The smallest absolute Gasteiger partial charge is 0.227 e. The van der Waals surface area contributed by atoms with Crippen molar-refractivity contribution >= 4 is 11.9 Å². The first-order valence-electron chi connectivity index (χ1n) is 17.2. The van der Waals surface area contributed by atoms with E-state index in [1.54, 1.807) is 0 Å². The van der Waals surface area contributed by atoms with E-state index < -0.39 is 0 Å². The SMILES string of the molecule is C1CCCCCC(Nc2nc(NC3CCCCCCC3)nc(C3CCCCCCCCCC3)n2)CCCC1. The molecule has 4 rings (SSSR count). The quantitative estimate of drug-likeness (QED) is 0.400. The van der Waals surface area contributed by atoms with Crippen molar-refractivity contribution in [3.63, 3.8) is 0 Å². The van der Waals surface area contributed by atoms with Gasteiger partial charge in [0.05, 0.1) is 0 Å². The summed E-state index contributed by atoms with van der Waals surface area (Å²) >= 11 is 0. The monoisotopic (exact) mass is 525 g/mol. The molecule has 1 aromatic rings. The summed E-state index contributed by atoms with van der Waals surface area (Å²) < 4.78 is 0. The summed E-state index contributed by atoms with van der Waals surface area (Å²) in [5, 5.41) is 7.67. The zero-order valence-corrected chi connectivity index (χ0v) is 24.7. The number of aromatic nitrogens is 3. The Balaban J connectivity index is 1.50. The van der Waals surface area contributed by atoms with E-state index in [9.17, 15) is 0 Å². The van der Waals surface area contributed by atoms with Gasteiger partial charge in [-0.1, -0.05) is 135 Å². The molecular formula is C33H59N5. The Bertz CT molecular complexity index is 721. The highest BCUT2D eigenvalue weighted by atomic mass is 15.2. The third-order valence-corrected chi connectivity index (χ3v) is 9.50. The highest BCUT2D eigenvalue weighted by Gasteiger charge is 2.21. The van der Waals surface area contributed by atoms with Crippen LogP contribution in [0.25, 0.3) is 0 Å². The molecule has 216 valence electrons. The highest BCUT2D eigenvalue weighted by Crippen LogP contribution is 2.30. The average molecular weight is 526 g/mol. The van der Waals surface area contributed by atoms with E-state index in [1.165, 1.54) is 173 Å². The van der Waals surface area contributed by atoms with Crippen LogP contribution in [-0.4, -0.2) is 27.0 Å². The number of anilines is 2. The molecule has 3 aliphatic carbocycles. The minimum atomic E-state index is 0.474. The molecule has 0 spiro atoms. The normalized spacial score (nSPS) is 23.8. The van der Waals surface area contributed by atoms with Crippen LogP contribution in [0.2, 0.25) is 0 Å². The summed E-state index contributed by atoms with van der Waals surface area (Å²) in [6.45, 7) is 0. The summed E-state index contributed by atoms with van der Waals surface area (Å²) in [5.41, 5.74) is 0. The van der Waals surface area contributed by atoms with Crippen LogP contribution in [0.5, 0.6) is 0 Å². The van der Waals surface area contributed by atoms with Crippen LogP contribution in [0.15, 0.2) is 0 Å². The maximum atomic E-state index is 5.17. The molecule has 0 saturated heterocycles. The van der Waals surface area contributed by atoms with E-state index in [1.807, 2.05) is 0 Å². The van der Waals surface area contributed by atoms with Gasteiger partial charge in [0, 0.05) is 18.0 Å². The molecule has 38 heavy (non-hydrogen) atoms. The lowest BCUT2D eigenvalue weighted by molar-refractivity contribution is 0.467. The fourth-order valence-corrected chi connectivity index (χ4v) is 7.05. The molecule has 0 amide bonds. The predicted molar refractivity (Wildman–Crippen MR) is 162 cm³/mol. The summed E-state index contributed by atoms with van der Waals surface area (Å²) in [7, 11) is 0.